The molecule has 2 aromatic rings. The molecule has 0 aliphatic heterocycles. The molecule has 0 aliphatic carbocycles. The minimum atomic E-state index is -0.294. The van der Waals surface area contributed by atoms with Crippen LogP contribution in [-0.4, -0.2) is 17.6 Å². The molecule has 0 saturated heterocycles. The fourth-order valence-electron chi connectivity index (χ4n) is 2.16. The number of thiocarbonyl (C=S) groups is 1. The molecular formula is C19H22ClN3O2S. The van der Waals surface area contributed by atoms with E-state index < -0.39 is 0 Å². The molecule has 26 heavy (non-hydrogen) atoms. The van der Waals surface area contributed by atoms with Gasteiger partial charge in [-0.1, -0.05) is 37.4 Å². The average Bonchev–Trinajstić information content (AvgIpc) is 2.64. The number of hydrogen-bond donors (Lipinski definition) is 3. The van der Waals surface area contributed by atoms with E-state index >= 15 is 0 Å². The van der Waals surface area contributed by atoms with Crippen LogP contribution in [0.4, 0.5) is 5.69 Å². The summed E-state index contributed by atoms with van der Waals surface area (Å²) in [5.41, 5.74) is 6.44. The van der Waals surface area contributed by atoms with Crippen LogP contribution >= 0.6 is 23.8 Å². The molecule has 138 valence electrons. The summed E-state index contributed by atoms with van der Waals surface area (Å²) in [5.74, 6) is 0.460. The van der Waals surface area contributed by atoms with Crippen molar-refractivity contribution in [1.29, 1.82) is 0 Å². The van der Waals surface area contributed by atoms with Crippen molar-refractivity contribution in [3.63, 3.8) is 0 Å². The minimum absolute atomic E-state index is 0.261. The molecule has 0 fully saturated rings. The Labute approximate surface area is 164 Å². The van der Waals surface area contributed by atoms with Gasteiger partial charge in [0, 0.05) is 16.3 Å². The number of anilines is 1. The van der Waals surface area contributed by atoms with Gasteiger partial charge in [0.1, 0.15) is 5.75 Å². The molecule has 0 atom stereocenters. The van der Waals surface area contributed by atoms with Gasteiger partial charge in [-0.3, -0.25) is 15.6 Å². The Morgan fingerprint density at radius 1 is 1.12 bits per heavy atom. The first kappa shape index (κ1) is 20.0. The first-order valence-corrected chi connectivity index (χ1v) is 9.23. The van der Waals surface area contributed by atoms with Crippen LogP contribution < -0.4 is 20.9 Å². The lowest BCUT2D eigenvalue weighted by atomic mass is 10.2. The summed E-state index contributed by atoms with van der Waals surface area (Å²) < 4.78 is 5.63. The molecule has 0 heterocycles. The first-order chi connectivity index (χ1) is 12.6. The molecule has 3 N–H and O–H groups in total. The summed E-state index contributed by atoms with van der Waals surface area (Å²) in [7, 11) is 0. The predicted octanol–water partition coefficient (Wildman–Crippen LogP) is 4.54. The second-order valence-electron chi connectivity index (χ2n) is 5.62. The van der Waals surface area contributed by atoms with E-state index in [9.17, 15) is 4.79 Å². The molecule has 0 unspecified atom stereocenters. The number of benzene rings is 2. The maximum Gasteiger partial charge on any atom is 0.269 e. The van der Waals surface area contributed by atoms with Crippen LogP contribution in [0.25, 0.3) is 0 Å². The van der Waals surface area contributed by atoms with Gasteiger partial charge in [-0.05, 0) is 61.1 Å². The second kappa shape index (κ2) is 10.6. The number of ether oxygens (including phenoxy) is 1. The lowest BCUT2D eigenvalue weighted by Crippen LogP contribution is -2.43. The van der Waals surface area contributed by atoms with Gasteiger partial charge in [-0.15, -0.1) is 0 Å². The largest absolute Gasteiger partial charge is 0.494 e. The third-order valence-electron chi connectivity index (χ3n) is 3.51. The molecule has 5 nitrogen and oxygen atoms in total. The van der Waals surface area contributed by atoms with Gasteiger partial charge in [-0.2, -0.15) is 0 Å². The van der Waals surface area contributed by atoms with E-state index in [1.807, 2.05) is 6.07 Å². The number of unbranched alkanes of at least 4 members (excludes halogenated alkanes) is 2. The van der Waals surface area contributed by atoms with E-state index in [1.54, 1.807) is 42.5 Å². The maximum absolute atomic E-state index is 12.1. The predicted molar refractivity (Wildman–Crippen MR) is 110 cm³/mol. The van der Waals surface area contributed by atoms with Gasteiger partial charge >= 0.3 is 0 Å². The van der Waals surface area contributed by atoms with Crippen LogP contribution in [0.15, 0.2) is 48.5 Å². The number of rotatable bonds is 7. The van der Waals surface area contributed by atoms with Crippen LogP contribution in [-0.2, 0) is 0 Å². The number of amides is 1. The molecule has 2 rings (SSSR count). The highest BCUT2D eigenvalue weighted by molar-refractivity contribution is 7.80. The van der Waals surface area contributed by atoms with Crippen LogP contribution in [0, 0.1) is 0 Å². The fraction of sp³-hybridized carbons (Fsp3) is 0.263. The third-order valence-corrected chi connectivity index (χ3v) is 3.94. The van der Waals surface area contributed by atoms with Gasteiger partial charge in [0.05, 0.1) is 6.61 Å². The van der Waals surface area contributed by atoms with E-state index in [-0.39, 0.29) is 11.0 Å². The molecule has 0 spiro atoms. The Morgan fingerprint density at radius 2 is 1.88 bits per heavy atom. The lowest BCUT2D eigenvalue weighted by molar-refractivity contribution is 0.0944. The van der Waals surface area contributed by atoms with E-state index in [1.165, 1.54) is 0 Å². The summed E-state index contributed by atoms with van der Waals surface area (Å²) in [6, 6.07) is 14.1. The molecule has 2 aromatic carbocycles. The average molecular weight is 392 g/mol. The minimum Gasteiger partial charge on any atom is -0.494 e. The Hall–Kier alpha value is -2.31. The summed E-state index contributed by atoms with van der Waals surface area (Å²) >= 11 is 11.0. The zero-order valence-corrected chi connectivity index (χ0v) is 16.1. The second-order valence-corrected chi connectivity index (χ2v) is 6.47. The highest BCUT2D eigenvalue weighted by Crippen LogP contribution is 2.15. The Bertz CT molecular complexity index is 738. The molecule has 1 amide bonds. The highest BCUT2D eigenvalue weighted by Gasteiger charge is 2.06. The summed E-state index contributed by atoms with van der Waals surface area (Å²) in [4.78, 5) is 12.1. The third kappa shape index (κ3) is 6.90. The summed E-state index contributed by atoms with van der Waals surface area (Å²) in [5, 5.41) is 3.79. The van der Waals surface area contributed by atoms with Crippen molar-refractivity contribution in [3.05, 3.63) is 59.1 Å². The van der Waals surface area contributed by atoms with Gasteiger partial charge in [0.15, 0.2) is 5.11 Å². The van der Waals surface area contributed by atoms with Gasteiger partial charge < -0.3 is 10.1 Å². The van der Waals surface area contributed by atoms with Crippen molar-refractivity contribution >= 4 is 40.5 Å². The van der Waals surface area contributed by atoms with Crippen molar-refractivity contribution in [3.8, 4) is 5.75 Å². The van der Waals surface area contributed by atoms with E-state index in [4.69, 9.17) is 28.6 Å². The molecule has 0 bridgehead atoms. The fourth-order valence-corrected chi connectivity index (χ4v) is 2.52. The van der Waals surface area contributed by atoms with E-state index in [2.05, 4.69) is 23.1 Å². The van der Waals surface area contributed by atoms with Crippen LogP contribution in [0.1, 0.15) is 36.5 Å². The molecule has 0 aromatic heterocycles. The molecular weight excluding hydrogens is 370 g/mol. The number of hydrazine groups is 1. The zero-order valence-electron chi connectivity index (χ0n) is 14.5. The summed E-state index contributed by atoms with van der Waals surface area (Å²) in [6.45, 7) is 2.84. The van der Waals surface area contributed by atoms with Gasteiger partial charge in [0.2, 0.25) is 0 Å². The zero-order chi connectivity index (χ0) is 18.8. The summed E-state index contributed by atoms with van der Waals surface area (Å²) in [6.07, 6.45) is 3.33. The SMILES string of the molecule is CCCCCOc1ccc(C(=O)NNC(=S)Nc2cccc(Cl)c2)cc1. The van der Waals surface area contributed by atoms with Gasteiger partial charge in [0.25, 0.3) is 5.91 Å². The van der Waals surface area contributed by atoms with Crippen LogP contribution in [0.5, 0.6) is 5.75 Å². The standard InChI is InChI=1S/C19H22ClN3O2S/c1-2-3-4-12-25-17-10-8-14(9-11-17)18(24)22-23-19(26)21-16-7-5-6-15(20)13-16/h5-11,13H,2-4,12H2,1H3,(H,22,24)(H2,21,23,26). The Balaban J connectivity index is 1.77. The van der Waals surface area contributed by atoms with Gasteiger partial charge in [-0.25, -0.2) is 0 Å². The Morgan fingerprint density at radius 3 is 2.58 bits per heavy atom. The van der Waals surface area contributed by atoms with Crippen LogP contribution in [0.3, 0.4) is 0 Å². The van der Waals surface area contributed by atoms with Crippen LogP contribution in [0.2, 0.25) is 5.02 Å². The van der Waals surface area contributed by atoms with E-state index in [0.717, 1.165) is 30.7 Å². The number of nitrogens with one attached hydrogen (secondary N) is 3. The number of carbonyl (C=O) groups is 1. The quantitative estimate of drug-likeness (QED) is 0.367. The number of hydrogen-bond acceptors (Lipinski definition) is 3. The monoisotopic (exact) mass is 391 g/mol. The molecule has 0 radical (unpaired) electrons. The Kier molecular flexibility index (Phi) is 8.18. The molecule has 0 aliphatic rings. The van der Waals surface area contributed by atoms with Crippen molar-refractivity contribution < 1.29 is 9.53 Å². The van der Waals surface area contributed by atoms with Crippen molar-refractivity contribution in [1.82, 2.24) is 10.9 Å². The van der Waals surface area contributed by atoms with Crippen molar-refractivity contribution in [2.75, 3.05) is 11.9 Å². The van der Waals surface area contributed by atoms with E-state index in [0.29, 0.717) is 17.2 Å². The smallest absolute Gasteiger partial charge is 0.269 e. The highest BCUT2D eigenvalue weighted by atomic mass is 35.5. The molecule has 0 saturated carbocycles. The normalized spacial score (nSPS) is 10.1. The number of halogens is 1. The number of carbonyl (C=O) groups excluding carboxylic acids is 1. The molecule has 7 heteroatoms. The van der Waals surface area contributed by atoms with Crippen molar-refractivity contribution in [2.45, 2.75) is 26.2 Å². The first-order valence-electron chi connectivity index (χ1n) is 8.44. The lowest BCUT2D eigenvalue weighted by Gasteiger charge is -2.12. The topological polar surface area (TPSA) is 62.4 Å². The van der Waals surface area contributed by atoms with Crippen molar-refractivity contribution in [2.24, 2.45) is 0 Å². The maximum atomic E-state index is 12.1.